The molecule has 1 aromatic carbocycles. The van der Waals surface area contributed by atoms with Gasteiger partial charge in [-0.15, -0.1) is 5.10 Å². The fourth-order valence-corrected chi connectivity index (χ4v) is 2.94. The molecule has 0 saturated heterocycles. The molecule has 0 saturated carbocycles. The maximum absolute atomic E-state index is 5.21. The third kappa shape index (κ3) is 3.44. The number of hydrogen-bond donors (Lipinski definition) is 0. The Morgan fingerprint density at radius 3 is 2.56 bits per heavy atom. The van der Waals surface area contributed by atoms with Crippen LogP contribution in [0.4, 0.5) is 0 Å². The zero-order valence-corrected chi connectivity index (χ0v) is 15.5. The van der Waals surface area contributed by atoms with Gasteiger partial charge in [-0.3, -0.25) is 4.98 Å². The number of aryl methyl sites for hydroxylation is 1. The van der Waals surface area contributed by atoms with Crippen LogP contribution in [0.15, 0.2) is 55.1 Å². The predicted molar refractivity (Wildman–Crippen MR) is 102 cm³/mol. The molecule has 4 aromatic rings. The maximum atomic E-state index is 5.21. The minimum atomic E-state index is 0.654. The highest BCUT2D eigenvalue weighted by Crippen LogP contribution is 2.25. The zero-order valence-electron chi connectivity index (χ0n) is 15.5. The van der Waals surface area contributed by atoms with E-state index in [1.807, 2.05) is 65.8 Å². The van der Waals surface area contributed by atoms with Crippen LogP contribution in [0.25, 0.3) is 22.6 Å². The number of aromatic nitrogens is 6. The Balaban J connectivity index is 1.62. The lowest BCUT2D eigenvalue weighted by atomic mass is 10.1. The zero-order chi connectivity index (χ0) is 18.8. The van der Waals surface area contributed by atoms with Crippen LogP contribution in [0.1, 0.15) is 11.3 Å². The second kappa shape index (κ2) is 7.03. The predicted octanol–water partition coefficient (Wildman–Crippen LogP) is 3.11. The highest BCUT2D eigenvalue weighted by atomic mass is 16.5. The largest absolute Gasteiger partial charge is 0.497 e. The minimum absolute atomic E-state index is 0.654. The van der Waals surface area contributed by atoms with Gasteiger partial charge in [0.2, 0.25) is 0 Å². The molecule has 0 bridgehead atoms. The fourth-order valence-electron chi connectivity index (χ4n) is 2.94. The SMILES string of the molecule is COc1ccc(Cn2nnc(-c3ccnc(-c4cn(C)cn4)c3)c2C)cc1. The van der Waals surface area contributed by atoms with Crippen molar-refractivity contribution in [3.8, 4) is 28.4 Å². The van der Waals surface area contributed by atoms with Crippen LogP contribution in [0.3, 0.4) is 0 Å². The molecule has 0 aliphatic rings. The quantitative estimate of drug-likeness (QED) is 0.547. The summed E-state index contributed by atoms with van der Waals surface area (Å²) < 4.78 is 9.01. The van der Waals surface area contributed by atoms with Crippen LogP contribution in [-0.2, 0) is 13.6 Å². The number of hydrogen-bond acceptors (Lipinski definition) is 5. The molecule has 4 rings (SSSR count). The molecule has 0 amide bonds. The summed E-state index contributed by atoms with van der Waals surface area (Å²) in [5, 5.41) is 8.72. The second-order valence-corrected chi connectivity index (χ2v) is 6.38. The van der Waals surface area contributed by atoms with Crippen molar-refractivity contribution in [2.75, 3.05) is 7.11 Å². The first-order chi connectivity index (χ1) is 13.1. The number of rotatable bonds is 5. The molecule has 0 fully saturated rings. The Morgan fingerprint density at radius 2 is 1.85 bits per heavy atom. The van der Waals surface area contributed by atoms with Crippen molar-refractivity contribution in [1.29, 1.82) is 0 Å². The van der Waals surface area contributed by atoms with E-state index in [0.717, 1.165) is 39.7 Å². The van der Waals surface area contributed by atoms with Crippen LogP contribution in [0.2, 0.25) is 0 Å². The van der Waals surface area contributed by atoms with Crippen LogP contribution in [-0.4, -0.2) is 36.6 Å². The number of nitrogens with zero attached hydrogens (tertiary/aromatic N) is 6. The number of pyridine rings is 1. The maximum Gasteiger partial charge on any atom is 0.118 e. The Morgan fingerprint density at radius 1 is 1.04 bits per heavy atom. The van der Waals surface area contributed by atoms with Gasteiger partial charge < -0.3 is 9.30 Å². The molecule has 0 spiro atoms. The lowest BCUT2D eigenvalue weighted by Gasteiger charge is -2.06. The van der Waals surface area contributed by atoms with Gasteiger partial charge in [-0.25, -0.2) is 9.67 Å². The normalized spacial score (nSPS) is 10.9. The van der Waals surface area contributed by atoms with E-state index in [9.17, 15) is 0 Å². The van der Waals surface area contributed by atoms with Gasteiger partial charge in [-0.05, 0) is 36.8 Å². The van der Waals surface area contributed by atoms with E-state index >= 15 is 0 Å². The topological polar surface area (TPSA) is 70.7 Å². The molecule has 0 atom stereocenters. The van der Waals surface area contributed by atoms with Crippen molar-refractivity contribution in [2.24, 2.45) is 7.05 Å². The van der Waals surface area contributed by atoms with Gasteiger partial charge in [0.15, 0.2) is 0 Å². The van der Waals surface area contributed by atoms with Gasteiger partial charge >= 0.3 is 0 Å². The summed E-state index contributed by atoms with van der Waals surface area (Å²) in [6.45, 7) is 2.68. The van der Waals surface area contributed by atoms with Crippen molar-refractivity contribution in [3.05, 3.63) is 66.4 Å². The first-order valence-electron chi connectivity index (χ1n) is 8.62. The van der Waals surface area contributed by atoms with Crippen molar-refractivity contribution < 1.29 is 4.74 Å². The summed E-state index contributed by atoms with van der Waals surface area (Å²) in [6, 6.07) is 11.9. The molecule has 0 aliphatic carbocycles. The summed E-state index contributed by atoms with van der Waals surface area (Å²) in [5.41, 5.74) is 5.62. The van der Waals surface area contributed by atoms with Gasteiger partial charge in [0.25, 0.3) is 0 Å². The first kappa shape index (κ1) is 17.0. The number of methoxy groups -OCH3 is 1. The third-order valence-corrected chi connectivity index (χ3v) is 4.47. The molecule has 0 aliphatic heterocycles. The summed E-state index contributed by atoms with van der Waals surface area (Å²) in [6.07, 6.45) is 5.49. The van der Waals surface area contributed by atoms with E-state index < -0.39 is 0 Å². The van der Waals surface area contributed by atoms with Gasteiger partial charge in [0.1, 0.15) is 17.1 Å². The lowest BCUT2D eigenvalue weighted by Crippen LogP contribution is -2.04. The van der Waals surface area contributed by atoms with Gasteiger partial charge in [0.05, 0.1) is 31.4 Å². The molecule has 0 unspecified atom stereocenters. The van der Waals surface area contributed by atoms with Crippen LogP contribution in [0.5, 0.6) is 5.75 Å². The van der Waals surface area contributed by atoms with E-state index in [0.29, 0.717) is 6.54 Å². The summed E-state index contributed by atoms with van der Waals surface area (Å²) in [4.78, 5) is 8.79. The monoisotopic (exact) mass is 360 g/mol. The highest BCUT2D eigenvalue weighted by Gasteiger charge is 2.13. The Hall–Kier alpha value is -3.48. The third-order valence-electron chi connectivity index (χ3n) is 4.47. The average molecular weight is 360 g/mol. The average Bonchev–Trinajstić information content (AvgIpc) is 3.29. The number of imidazole rings is 1. The fraction of sp³-hybridized carbons (Fsp3) is 0.200. The Bertz CT molecular complexity index is 1060. The Kier molecular flexibility index (Phi) is 4.42. The molecular weight excluding hydrogens is 340 g/mol. The molecule has 3 aromatic heterocycles. The van der Waals surface area contributed by atoms with E-state index in [4.69, 9.17) is 4.74 Å². The second-order valence-electron chi connectivity index (χ2n) is 6.38. The van der Waals surface area contributed by atoms with Crippen LogP contribution >= 0.6 is 0 Å². The van der Waals surface area contributed by atoms with Crippen molar-refractivity contribution in [1.82, 2.24) is 29.5 Å². The lowest BCUT2D eigenvalue weighted by molar-refractivity contribution is 0.414. The van der Waals surface area contributed by atoms with Crippen LogP contribution in [0, 0.1) is 6.92 Å². The summed E-state index contributed by atoms with van der Waals surface area (Å²) in [5.74, 6) is 0.841. The van der Waals surface area contributed by atoms with Gasteiger partial charge in [0, 0.05) is 25.0 Å². The van der Waals surface area contributed by atoms with E-state index in [1.165, 1.54) is 0 Å². The number of benzene rings is 1. The molecule has 136 valence electrons. The van der Waals surface area contributed by atoms with Gasteiger partial charge in [-0.2, -0.15) is 0 Å². The van der Waals surface area contributed by atoms with E-state index in [-0.39, 0.29) is 0 Å². The molecule has 0 radical (unpaired) electrons. The molecule has 27 heavy (non-hydrogen) atoms. The van der Waals surface area contributed by atoms with E-state index in [1.54, 1.807) is 19.6 Å². The highest BCUT2D eigenvalue weighted by molar-refractivity contribution is 5.67. The van der Waals surface area contributed by atoms with E-state index in [2.05, 4.69) is 20.3 Å². The first-order valence-corrected chi connectivity index (χ1v) is 8.62. The molecule has 3 heterocycles. The van der Waals surface area contributed by atoms with Crippen molar-refractivity contribution >= 4 is 0 Å². The van der Waals surface area contributed by atoms with Crippen molar-refractivity contribution in [2.45, 2.75) is 13.5 Å². The minimum Gasteiger partial charge on any atom is -0.497 e. The molecule has 7 nitrogen and oxygen atoms in total. The standard InChI is InChI=1S/C20H20N6O/c1-14-20(16-8-9-21-18(10-16)19-12-25(2)13-22-19)23-24-26(14)11-15-4-6-17(27-3)7-5-15/h4-10,12-13H,11H2,1-3H3. The number of ether oxygens (including phenoxy) is 1. The Labute approximate surface area is 157 Å². The molecular formula is C20H20N6O. The van der Waals surface area contributed by atoms with Crippen molar-refractivity contribution in [3.63, 3.8) is 0 Å². The smallest absolute Gasteiger partial charge is 0.118 e. The molecule has 7 heteroatoms. The summed E-state index contributed by atoms with van der Waals surface area (Å²) in [7, 11) is 3.60. The van der Waals surface area contributed by atoms with Gasteiger partial charge in [-0.1, -0.05) is 17.3 Å². The summed E-state index contributed by atoms with van der Waals surface area (Å²) >= 11 is 0. The van der Waals surface area contributed by atoms with Crippen LogP contribution < -0.4 is 4.74 Å². The molecule has 0 N–H and O–H groups in total.